The van der Waals surface area contributed by atoms with Crippen LogP contribution in [0.15, 0.2) is 81.4 Å². The molecule has 0 saturated heterocycles. The number of halogens is 1. The average Bonchev–Trinajstić information content (AvgIpc) is 2.91. The van der Waals surface area contributed by atoms with E-state index in [2.05, 4.69) is 9.97 Å². The van der Waals surface area contributed by atoms with Crippen LogP contribution in [0.25, 0.3) is 11.1 Å². The maximum Gasteiger partial charge on any atom is 0.277 e. The number of pyridine rings is 1. The first-order valence-electron chi connectivity index (χ1n) is 12.9. The smallest absolute Gasteiger partial charge is 0.277 e. The summed E-state index contributed by atoms with van der Waals surface area (Å²) in [4.78, 5) is 20.9. The summed E-state index contributed by atoms with van der Waals surface area (Å²) < 4.78 is 42.8. The monoisotopic (exact) mass is 549 g/mol. The Balaban J connectivity index is 1.86. The number of rotatable bonds is 9. The Hall–Kier alpha value is -3.85. The number of benzene rings is 2. The van der Waals surface area contributed by atoms with E-state index < -0.39 is 38.2 Å². The van der Waals surface area contributed by atoms with Crippen molar-refractivity contribution in [2.75, 3.05) is 0 Å². The highest BCUT2D eigenvalue weighted by Crippen LogP contribution is 2.31. The van der Waals surface area contributed by atoms with Gasteiger partial charge in [0.15, 0.2) is 4.90 Å². The van der Waals surface area contributed by atoms with Crippen LogP contribution in [0.3, 0.4) is 0 Å². The zero-order valence-corrected chi connectivity index (χ0v) is 23.2. The van der Waals surface area contributed by atoms with Crippen LogP contribution in [-0.4, -0.2) is 28.1 Å². The molecule has 0 aliphatic carbocycles. The van der Waals surface area contributed by atoms with E-state index in [4.69, 9.17) is 0 Å². The molecule has 2 aromatic heterocycles. The summed E-state index contributed by atoms with van der Waals surface area (Å²) in [5.41, 5.74) is 1.52. The molecule has 0 unspecified atom stereocenters. The Bertz CT molecular complexity index is 1630. The molecule has 1 N–H and O–H groups in total. The number of sulfone groups is 1. The molecule has 2 aromatic carbocycles. The van der Waals surface area contributed by atoms with E-state index in [0.29, 0.717) is 47.7 Å². The van der Waals surface area contributed by atoms with Gasteiger partial charge in [0.1, 0.15) is 5.82 Å². The Morgan fingerprint density at radius 1 is 1.03 bits per heavy atom. The highest BCUT2D eigenvalue weighted by molar-refractivity contribution is 7.91. The fourth-order valence-corrected chi connectivity index (χ4v) is 6.04. The number of aryl methyl sites for hydroxylation is 1. The Morgan fingerprint density at radius 3 is 2.31 bits per heavy atom. The van der Waals surface area contributed by atoms with Crippen molar-refractivity contribution in [3.63, 3.8) is 0 Å². The zero-order chi connectivity index (χ0) is 28.3. The lowest BCUT2D eigenvalue weighted by molar-refractivity contribution is 0.403. The van der Waals surface area contributed by atoms with Crippen molar-refractivity contribution in [1.29, 1.82) is 0 Å². The summed E-state index contributed by atoms with van der Waals surface area (Å²) >= 11 is 0. The summed E-state index contributed by atoms with van der Waals surface area (Å²) in [6, 6.07) is 16.3. The number of hydrogen-bond donors (Lipinski definition) is 1. The quantitative estimate of drug-likeness (QED) is 0.262. The maximum atomic E-state index is 14.0. The highest BCUT2D eigenvalue weighted by Gasteiger charge is 2.31. The summed E-state index contributed by atoms with van der Waals surface area (Å²) in [5.74, 6) is -0.767. The van der Waals surface area contributed by atoms with Crippen molar-refractivity contribution in [1.82, 2.24) is 14.5 Å². The SMILES string of the molecule is CC[C@@H](c1ccccc1)n1c(CCC(C)C)nc(O)c(S(=O)(=O)c2ccc(-c3ccnc(F)c3C)cc2)c1=O. The van der Waals surface area contributed by atoms with E-state index in [0.717, 1.165) is 5.56 Å². The van der Waals surface area contributed by atoms with Gasteiger partial charge in [-0.05, 0) is 60.6 Å². The van der Waals surface area contributed by atoms with Crippen LogP contribution < -0.4 is 5.56 Å². The second-order valence-corrected chi connectivity index (χ2v) is 11.8. The third-order valence-corrected chi connectivity index (χ3v) is 8.63. The van der Waals surface area contributed by atoms with E-state index in [-0.39, 0.29) is 4.90 Å². The van der Waals surface area contributed by atoms with Gasteiger partial charge in [-0.25, -0.2) is 13.4 Å². The van der Waals surface area contributed by atoms with E-state index >= 15 is 0 Å². The lowest BCUT2D eigenvalue weighted by Gasteiger charge is -2.23. The Labute approximate surface area is 228 Å². The first kappa shape index (κ1) is 28.2. The van der Waals surface area contributed by atoms with Gasteiger partial charge in [-0.15, -0.1) is 0 Å². The fourth-order valence-electron chi connectivity index (χ4n) is 4.70. The van der Waals surface area contributed by atoms with Crippen LogP contribution in [0.2, 0.25) is 0 Å². The molecule has 0 amide bonds. The standard InChI is InChI=1S/C30H32FN3O4S/c1-5-25(22-9-7-6-8-10-22)34-26(16-11-19(2)3)33-29(35)27(30(34)36)39(37,38)23-14-12-21(13-15-23)24-17-18-32-28(31)20(24)4/h6-10,12-15,17-19,25,35H,5,11,16H2,1-4H3/t25-/m0/s1. The molecule has 9 heteroatoms. The number of aromatic hydroxyl groups is 1. The molecular formula is C30H32FN3O4S. The molecule has 0 radical (unpaired) electrons. The van der Waals surface area contributed by atoms with Gasteiger partial charge in [0.05, 0.1) is 10.9 Å². The molecule has 0 spiro atoms. The molecular weight excluding hydrogens is 517 g/mol. The van der Waals surface area contributed by atoms with Gasteiger partial charge in [-0.3, -0.25) is 9.36 Å². The predicted octanol–water partition coefficient (Wildman–Crippen LogP) is 5.88. The molecule has 4 aromatic rings. The molecule has 0 fully saturated rings. The van der Waals surface area contributed by atoms with Crippen LogP contribution in [0.4, 0.5) is 4.39 Å². The van der Waals surface area contributed by atoms with Crippen LogP contribution in [0, 0.1) is 18.8 Å². The van der Waals surface area contributed by atoms with Gasteiger partial charge in [0.25, 0.3) is 5.56 Å². The zero-order valence-electron chi connectivity index (χ0n) is 22.4. The topological polar surface area (TPSA) is 102 Å². The molecule has 39 heavy (non-hydrogen) atoms. The van der Waals surface area contributed by atoms with E-state index in [1.807, 2.05) is 51.1 Å². The lowest BCUT2D eigenvalue weighted by Crippen LogP contribution is -2.33. The van der Waals surface area contributed by atoms with Crippen molar-refractivity contribution in [2.45, 2.75) is 62.8 Å². The second kappa shape index (κ2) is 11.5. The normalized spacial score (nSPS) is 12.6. The minimum Gasteiger partial charge on any atom is -0.492 e. The maximum absolute atomic E-state index is 14.0. The van der Waals surface area contributed by atoms with Gasteiger partial charge in [-0.1, -0.05) is 63.2 Å². The fraction of sp³-hybridized carbons (Fsp3) is 0.300. The van der Waals surface area contributed by atoms with Crippen LogP contribution in [0.5, 0.6) is 5.88 Å². The number of aromatic nitrogens is 3. The number of nitrogens with zero attached hydrogens (tertiary/aromatic N) is 3. The Morgan fingerprint density at radius 2 is 1.69 bits per heavy atom. The molecule has 1 atom stereocenters. The van der Waals surface area contributed by atoms with E-state index in [1.54, 1.807) is 13.0 Å². The van der Waals surface area contributed by atoms with Gasteiger partial charge < -0.3 is 5.11 Å². The molecule has 7 nitrogen and oxygen atoms in total. The van der Waals surface area contributed by atoms with Gasteiger partial charge in [0, 0.05) is 18.2 Å². The molecule has 0 saturated carbocycles. The van der Waals surface area contributed by atoms with Crippen molar-refractivity contribution >= 4 is 9.84 Å². The lowest BCUT2D eigenvalue weighted by atomic mass is 10.0. The Kier molecular flexibility index (Phi) is 8.30. The van der Waals surface area contributed by atoms with E-state index in [9.17, 15) is 22.7 Å². The first-order chi connectivity index (χ1) is 18.6. The largest absolute Gasteiger partial charge is 0.492 e. The van der Waals surface area contributed by atoms with E-state index in [1.165, 1.54) is 35.0 Å². The van der Waals surface area contributed by atoms with Crippen molar-refractivity contribution in [3.05, 3.63) is 100 Å². The van der Waals surface area contributed by atoms with Crippen molar-refractivity contribution in [3.8, 4) is 17.0 Å². The highest BCUT2D eigenvalue weighted by atomic mass is 32.2. The molecule has 204 valence electrons. The summed E-state index contributed by atoms with van der Waals surface area (Å²) in [6.07, 6.45) is 2.97. The van der Waals surface area contributed by atoms with Crippen molar-refractivity contribution < 1.29 is 17.9 Å². The van der Waals surface area contributed by atoms with Crippen LogP contribution in [0.1, 0.15) is 56.6 Å². The average molecular weight is 550 g/mol. The third kappa shape index (κ3) is 5.63. The second-order valence-electron chi connectivity index (χ2n) is 9.93. The number of hydrogen-bond acceptors (Lipinski definition) is 6. The predicted molar refractivity (Wildman–Crippen MR) is 148 cm³/mol. The third-order valence-electron chi connectivity index (χ3n) is 6.84. The van der Waals surface area contributed by atoms with Gasteiger partial charge in [-0.2, -0.15) is 9.37 Å². The van der Waals surface area contributed by atoms with Gasteiger partial charge >= 0.3 is 0 Å². The van der Waals surface area contributed by atoms with Crippen LogP contribution >= 0.6 is 0 Å². The minimum absolute atomic E-state index is 0.179. The first-order valence-corrected chi connectivity index (χ1v) is 14.4. The van der Waals surface area contributed by atoms with Crippen LogP contribution in [-0.2, 0) is 16.3 Å². The summed E-state index contributed by atoms with van der Waals surface area (Å²) in [6.45, 7) is 7.59. The molecule has 0 bridgehead atoms. The summed E-state index contributed by atoms with van der Waals surface area (Å²) in [7, 11) is -4.44. The molecule has 0 aliphatic heterocycles. The van der Waals surface area contributed by atoms with Gasteiger partial charge in [0.2, 0.25) is 21.7 Å². The van der Waals surface area contributed by atoms with Crippen molar-refractivity contribution in [2.24, 2.45) is 5.92 Å². The molecule has 0 aliphatic rings. The summed E-state index contributed by atoms with van der Waals surface area (Å²) in [5, 5.41) is 10.8. The molecule has 2 heterocycles. The molecule has 4 rings (SSSR count). The minimum atomic E-state index is -4.44.